The zero-order valence-electron chi connectivity index (χ0n) is 16.9. The van der Waals surface area contributed by atoms with Crippen LogP contribution in [0.15, 0.2) is 48.7 Å². The first kappa shape index (κ1) is 21.1. The van der Waals surface area contributed by atoms with Crippen molar-refractivity contribution >= 4 is 28.3 Å². The molecule has 0 unspecified atom stereocenters. The number of amides is 1. The van der Waals surface area contributed by atoms with Gasteiger partial charge in [-0.05, 0) is 61.2 Å². The van der Waals surface area contributed by atoms with Crippen molar-refractivity contribution in [3.05, 3.63) is 59.9 Å². The molecule has 0 spiro atoms. The van der Waals surface area contributed by atoms with Gasteiger partial charge in [0.05, 0.1) is 5.52 Å². The second-order valence-electron chi connectivity index (χ2n) is 7.83. The number of fused-ring (bicyclic) bond motifs is 1. The van der Waals surface area contributed by atoms with Crippen LogP contribution in [-0.4, -0.2) is 21.9 Å². The minimum Gasteiger partial charge on any atom is -0.367 e. The van der Waals surface area contributed by atoms with E-state index in [2.05, 4.69) is 20.6 Å². The van der Waals surface area contributed by atoms with Gasteiger partial charge in [0.25, 0.3) is 0 Å². The molecule has 5 nitrogen and oxygen atoms in total. The Hall–Kier alpha value is -3.16. The van der Waals surface area contributed by atoms with Crippen molar-refractivity contribution in [2.75, 3.05) is 10.6 Å². The van der Waals surface area contributed by atoms with Gasteiger partial charge in [-0.1, -0.05) is 18.9 Å². The van der Waals surface area contributed by atoms with Gasteiger partial charge in [0.2, 0.25) is 5.91 Å². The Morgan fingerprint density at radius 3 is 2.58 bits per heavy atom. The number of hydrogen-bond acceptors (Lipinski definition) is 4. The van der Waals surface area contributed by atoms with Crippen molar-refractivity contribution < 1.29 is 18.0 Å². The molecule has 1 fully saturated rings. The Morgan fingerprint density at radius 1 is 1.06 bits per heavy atom. The van der Waals surface area contributed by atoms with Crippen molar-refractivity contribution in [3.8, 4) is 0 Å². The Balaban J connectivity index is 1.33. The summed E-state index contributed by atoms with van der Waals surface area (Å²) in [6.07, 6.45) is 2.01. The molecule has 0 radical (unpaired) electrons. The summed E-state index contributed by atoms with van der Waals surface area (Å²) in [5.74, 6) is 0.646. The van der Waals surface area contributed by atoms with Gasteiger partial charge < -0.3 is 10.6 Å². The van der Waals surface area contributed by atoms with Crippen LogP contribution in [0.5, 0.6) is 0 Å². The fraction of sp³-hybridized carbons (Fsp3) is 0.348. The summed E-state index contributed by atoms with van der Waals surface area (Å²) in [4.78, 5) is 20.3. The Kier molecular flexibility index (Phi) is 6.06. The first-order valence-corrected chi connectivity index (χ1v) is 10.4. The molecule has 1 amide bonds. The minimum absolute atomic E-state index is 0.146. The van der Waals surface area contributed by atoms with Crippen LogP contribution >= 0.6 is 0 Å². The van der Waals surface area contributed by atoms with E-state index in [4.69, 9.17) is 0 Å². The summed E-state index contributed by atoms with van der Waals surface area (Å²) < 4.78 is 37.7. The van der Waals surface area contributed by atoms with E-state index in [-0.39, 0.29) is 12.3 Å². The van der Waals surface area contributed by atoms with Crippen LogP contribution < -0.4 is 10.6 Å². The molecule has 2 heterocycles. The molecule has 31 heavy (non-hydrogen) atoms. The molecule has 1 aromatic carbocycles. The number of nitrogens with zero attached hydrogens (tertiary/aromatic N) is 2. The third-order valence-corrected chi connectivity index (χ3v) is 5.44. The van der Waals surface area contributed by atoms with Gasteiger partial charge in [-0.25, -0.2) is 4.98 Å². The standard InChI is InChI=1S/C23H23F3N4O/c24-23(25,26)20-10-5-15(14-27-20)6-12-22(31)29-18-8-9-19-16(13-18)7-11-21(30-19)28-17-3-1-2-4-17/h5,7-11,13-14,17H,1-4,6,12H2,(H,28,30)(H,29,31). The van der Waals surface area contributed by atoms with Gasteiger partial charge in [-0.3, -0.25) is 9.78 Å². The van der Waals surface area contributed by atoms with Gasteiger partial charge in [0.15, 0.2) is 0 Å². The molecule has 1 saturated carbocycles. The summed E-state index contributed by atoms with van der Waals surface area (Å²) in [7, 11) is 0. The van der Waals surface area contributed by atoms with Crippen LogP contribution in [0.2, 0.25) is 0 Å². The number of pyridine rings is 2. The second-order valence-corrected chi connectivity index (χ2v) is 7.83. The SMILES string of the molecule is O=C(CCc1ccc(C(F)(F)F)nc1)Nc1ccc2nc(NC3CCCC3)ccc2c1. The molecule has 4 rings (SSSR count). The number of alkyl halides is 3. The third-order valence-electron chi connectivity index (χ3n) is 5.44. The quantitative estimate of drug-likeness (QED) is 0.538. The highest BCUT2D eigenvalue weighted by molar-refractivity contribution is 5.94. The molecule has 3 aromatic rings. The number of aryl methyl sites for hydroxylation is 1. The zero-order valence-corrected chi connectivity index (χ0v) is 16.9. The number of carbonyl (C=O) groups excluding carboxylic acids is 1. The summed E-state index contributed by atoms with van der Waals surface area (Å²) in [5, 5.41) is 7.22. The predicted molar refractivity (Wildman–Crippen MR) is 114 cm³/mol. The van der Waals surface area contributed by atoms with E-state index in [1.165, 1.54) is 31.7 Å². The van der Waals surface area contributed by atoms with Crippen LogP contribution in [0.25, 0.3) is 10.9 Å². The molecule has 1 aliphatic rings. The number of anilines is 2. The first-order valence-electron chi connectivity index (χ1n) is 10.4. The topological polar surface area (TPSA) is 66.9 Å². The smallest absolute Gasteiger partial charge is 0.367 e. The van der Waals surface area contributed by atoms with Gasteiger partial charge in [0, 0.05) is 29.7 Å². The lowest BCUT2D eigenvalue weighted by atomic mass is 10.1. The number of benzene rings is 1. The number of aromatic nitrogens is 2. The molecular formula is C23H23F3N4O. The van der Waals surface area contributed by atoms with E-state index in [1.807, 2.05) is 24.3 Å². The van der Waals surface area contributed by atoms with Gasteiger partial charge in [-0.2, -0.15) is 13.2 Å². The maximum absolute atomic E-state index is 12.6. The molecule has 162 valence electrons. The minimum atomic E-state index is -4.46. The number of hydrogen-bond donors (Lipinski definition) is 2. The molecule has 0 saturated heterocycles. The number of rotatable bonds is 6. The highest BCUT2D eigenvalue weighted by Gasteiger charge is 2.31. The van der Waals surface area contributed by atoms with Crippen LogP contribution in [0.4, 0.5) is 24.7 Å². The molecule has 1 aliphatic carbocycles. The van der Waals surface area contributed by atoms with Crippen molar-refractivity contribution in [3.63, 3.8) is 0 Å². The fourth-order valence-corrected chi connectivity index (χ4v) is 3.78. The summed E-state index contributed by atoms with van der Waals surface area (Å²) in [6, 6.07) is 12.2. The lowest BCUT2D eigenvalue weighted by Crippen LogP contribution is -2.15. The van der Waals surface area contributed by atoms with Crippen molar-refractivity contribution in [1.29, 1.82) is 0 Å². The number of carbonyl (C=O) groups is 1. The zero-order chi connectivity index (χ0) is 21.8. The largest absolute Gasteiger partial charge is 0.433 e. The molecule has 0 bridgehead atoms. The van der Waals surface area contributed by atoms with Crippen molar-refractivity contribution in [2.45, 2.75) is 50.7 Å². The van der Waals surface area contributed by atoms with Crippen LogP contribution in [0, 0.1) is 0 Å². The van der Waals surface area contributed by atoms with Crippen LogP contribution in [-0.2, 0) is 17.4 Å². The Morgan fingerprint density at radius 2 is 1.87 bits per heavy atom. The normalized spacial score (nSPS) is 14.7. The molecule has 0 aliphatic heterocycles. The highest BCUT2D eigenvalue weighted by atomic mass is 19.4. The van der Waals surface area contributed by atoms with Crippen LogP contribution in [0.1, 0.15) is 43.4 Å². The van der Waals surface area contributed by atoms with Crippen molar-refractivity contribution in [1.82, 2.24) is 9.97 Å². The van der Waals surface area contributed by atoms with Gasteiger partial charge in [0.1, 0.15) is 11.5 Å². The Labute approximate surface area is 178 Å². The van der Waals surface area contributed by atoms with Crippen LogP contribution in [0.3, 0.4) is 0 Å². The monoisotopic (exact) mass is 428 g/mol. The average molecular weight is 428 g/mol. The van der Waals surface area contributed by atoms with E-state index in [0.29, 0.717) is 23.7 Å². The number of halogens is 3. The molecule has 2 N–H and O–H groups in total. The summed E-state index contributed by atoms with van der Waals surface area (Å²) in [6.45, 7) is 0. The lowest BCUT2D eigenvalue weighted by molar-refractivity contribution is -0.141. The highest BCUT2D eigenvalue weighted by Crippen LogP contribution is 2.27. The van der Waals surface area contributed by atoms with E-state index >= 15 is 0 Å². The summed E-state index contributed by atoms with van der Waals surface area (Å²) in [5.41, 5.74) is 1.14. The summed E-state index contributed by atoms with van der Waals surface area (Å²) >= 11 is 0. The molecule has 2 aromatic heterocycles. The van der Waals surface area contributed by atoms with E-state index in [9.17, 15) is 18.0 Å². The maximum atomic E-state index is 12.6. The first-order chi connectivity index (χ1) is 14.9. The maximum Gasteiger partial charge on any atom is 0.433 e. The van der Waals surface area contributed by atoms with E-state index in [0.717, 1.165) is 29.0 Å². The third kappa shape index (κ3) is 5.51. The lowest BCUT2D eigenvalue weighted by Gasteiger charge is -2.13. The molecule has 8 heteroatoms. The van der Waals surface area contributed by atoms with Crippen molar-refractivity contribution in [2.24, 2.45) is 0 Å². The fourth-order valence-electron chi connectivity index (χ4n) is 3.78. The van der Waals surface area contributed by atoms with Gasteiger partial charge in [-0.15, -0.1) is 0 Å². The molecule has 0 atom stereocenters. The Bertz CT molecular complexity index is 1060. The van der Waals surface area contributed by atoms with E-state index < -0.39 is 11.9 Å². The molecular weight excluding hydrogens is 405 g/mol. The van der Waals surface area contributed by atoms with E-state index in [1.54, 1.807) is 6.07 Å². The average Bonchev–Trinajstić information content (AvgIpc) is 3.25. The second kappa shape index (κ2) is 8.91. The number of nitrogens with one attached hydrogen (secondary N) is 2. The predicted octanol–water partition coefficient (Wildman–Crippen LogP) is 5.57. The van der Waals surface area contributed by atoms with Gasteiger partial charge >= 0.3 is 6.18 Å².